The fourth-order valence-corrected chi connectivity index (χ4v) is 3.09. The molecule has 1 amide bonds. The molecule has 0 radical (unpaired) electrons. The highest BCUT2D eigenvalue weighted by atomic mass is 32.2. The van der Waals surface area contributed by atoms with Gasteiger partial charge in [-0.2, -0.15) is 11.8 Å². The molecule has 0 aliphatic heterocycles. The summed E-state index contributed by atoms with van der Waals surface area (Å²) in [6, 6.07) is 8.57. The molecule has 0 aliphatic carbocycles. The van der Waals surface area contributed by atoms with Crippen LogP contribution in [0.3, 0.4) is 0 Å². The number of benzene rings is 1. The summed E-state index contributed by atoms with van der Waals surface area (Å²) < 4.78 is 3.08. The first-order valence-electron chi connectivity index (χ1n) is 7.86. The van der Waals surface area contributed by atoms with Crippen molar-refractivity contribution in [3.63, 3.8) is 0 Å². The second kappa shape index (κ2) is 7.52. The van der Waals surface area contributed by atoms with Crippen molar-refractivity contribution in [3.8, 4) is 0 Å². The molecule has 25 heavy (non-hydrogen) atoms. The van der Waals surface area contributed by atoms with Crippen molar-refractivity contribution in [2.45, 2.75) is 12.5 Å². The average molecular weight is 357 g/mol. The van der Waals surface area contributed by atoms with E-state index in [0.717, 1.165) is 12.2 Å². The van der Waals surface area contributed by atoms with E-state index in [4.69, 9.17) is 0 Å². The molecule has 7 nitrogen and oxygen atoms in total. The van der Waals surface area contributed by atoms with E-state index in [2.05, 4.69) is 15.6 Å². The minimum Gasteiger partial charge on any atom is -0.342 e. The Balaban J connectivity index is 1.87. The van der Waals surface area contributed by atoms with Crippen molar-refractivity contribution < 1.29 is 4.79 Å². The number of carbonyl (C=O) groups excluding carboxylic acids is 1. The number of hydrogen-bond acceptors (Lipinski definition) is 5. The molecule has 3 aromatic rings. The number of aryl methyl sites for hydroxylation is 1. The number of aromatic nitrogens is 4. The zero-order chi connectivity index (χ0) is 17.8. The highest BCUT2D eigenvalue weighted by Crippen LogP contribution is 2.19. The standard InChI is InChI=1S/C17H19N5O2S/c1-21-17(24)13-11-12(5-6-14(13)19-20-21)18-16(23)15(7-10-25-2)22-8-3-4-9-22/h3-6,8-9,11,15H,7,10H2,1-2H3,(H,18,23)/t15-/m1/s1. The van der Waals surface area contributed by atoms with Crippen LogP contribution in [0.5, 0.6) is 0 Å². The smallest absolute Gasteiger partial charge is 0.277 e. The van der Waals surface area contributed by atoms with Crippen LogP contribution in [0.15, 0.2) is 47.5 Å². The van der Waals surface area contributed by atoms with Gasteiger partial charge >= 0.3 is 0 Å². The number of hydrogen-bond donors (Lipinski definition) is 1. The van der Waals surface area contributed by atoms with Gasteiger partial charge in [0.15, 0.2) is 0 Å². The van der Waals surface area contributed by atoms with E-state index < -0.39 is 0 Å². The normalized spacial score (nSPS) is 12.2. The minimum absolute atomic E-state index is 0.108. The number of nitrogens with zero attached hydrogens (tertiary/aromatic N) is 4. The van der Waals surface area contributed by atoms with Gasteiger partial charge in [0.05, 0.1) is 5.39 Å². The van der Waals surface area contributed by atoms with E-state index >= 15 is 0 Å². The third-order valence-corrected chi connectivity index (χ3v) is 4.60. The zero-order valence-corrected chi connectivity index (χ0v) is 14.9. The molecular formula is C17H19N5O2S. The van der Waals surface area contributed by atoms with Gasteiger partial charge in [0.2, 0.25) is 5.91 Å². The molecule has 3 rings (SSSR count). The molecule has 8 heteroatoms. The molecule has 0 bridgehead atoms. The maximum Gasteiger partial charge on any atom is 0.277 e. The second-order valence-corrected chi connectivity index (χ2v) is 6.65. The monoisotopic (exact) mass is 357 g/mol. The van der Waals surface area contributed by atoms with Gasteiger partial charge in [-0.1, -0.05) is 5.21 Å². The van der Waals surface area contributed by atoms with Crippen LogP contribution in [-0.4, -0.2) is 37.5 Å². The number of anilines is 1. The predicted octanol–water partition coefficient (Wildman–Crippen LogP) is 2.06. The average Bonchev–Trinajstić information content (AvgIpc) is 3.13. The molecular weight excluding hydrogens is 338 g/mol. The van der Waals surface area contributed by atoms with E-state index in [1.807, 2.05) is 35.3 Å². The van der Waals surface area contributed by atoms with Gasteiger partial charge in [0.1, 0.15) is 11.6 Å². The minimum atomic E-state index is -0.295. The Morgan fingerprint density at radius 3 is 2.80 bits per heavy atom. The number of carbonyl (C=O) groups is 1. The van der Waals surface area contributed by atoms with Crippen LogP contribution < -0.4 is 10.9 Å². The Bertz CT molecular complexity index is 936. The lowest BCUT2D eigenvalue weighted by molar-refractivity contribution is -0.119. The van der Waals surface area contributed by atoms with E-state index in [1.165, 1.54) is 4.68 Å². The summed E-state index contributed by atoms with van der Waals surface area (Å²) >= 11 is 1.70. The Hall–Kier alpha value is -2.61. The molecule has 0 aliphatic rings. The SMILES string of the molecule is CSCC[C@H](C(=O)Nc1ccc2nnn(C)c(=O)c2c1)n1cccc1. The Morgan fingerprint density at radius 2 is 2.08 bits per heavy atom. The molecule has 130 valence electrons. The molecule has 0 saturated heterocycles. The first kappa shape index (κ1) is 17.2. The number of thioether (sulfide) groups is 1. The fourth-order valence-electron chi connectivity index (χ4n) is 2.63. The van der Waals surface area contributed by atoms with Crippen LogP contribution in [0.25, 0.3) is 10.9 Å². The van der Waals surface area contributed by atoms with Crippen LogP contribution in [-0.2, 0) is 11.8 Å². The Morgan fingerprint density at radius 1 is 1.32 bits per heavy atom. The van der Waals surface area contributed by atoms with Gasteiger partial charge in [0.25, 0.3) is 5.56 Å². The van der Waals surface area contributed by atoms with Gasteiger partial charge in [-0.05, 0) is 48.8 Å². The fraction of sp³-hybridized carbons (Fsp3) is 0.294. The lowest BCUT2D eigenvalue weighted by Gasteiger charge is -2.18. The maximum atomic E-state index is 12.8. The summed E-state index contributed by atoms with van der Waals surface area (Å²) in [7, 11) is 1.55. The Kier molecular flexibility index (Phi) is 5.18. The van der Waals surface area contributed by atoms with Crippen LogP contribution in [0, 0.1) is 0 Å². The highest BCUT2D eigenvalue weighted by Gasteiger charge is 2.19. The van der Waals surface area contributed by atoms with Gasteiger partial charge < -0.3 is 9.88 Å². The summed E-state index contributed by atoms with van der Waals surface area (Å²) in [6.45, 7) is 0. The third-order valence-electron chi connectivity index (χ3n) is 3.96. The lowest BCUT2D eigenvalue weighted by Crippen LogP contribution is -2.26. The van der Waals surface area contributed by atoms with Crippen molar-refractivity contribution in [2.75, 3.05) is 17.3 Å². The first-order chi connectivity index (χ1) is 12.1. The topological polar surface area (TPSA) is 81.8 Å². The van der Waals surface area contributed by atoms with Crippen LogP contribution in [0.1, 0.15) is 12.5 Å². The summed E-state index contributed by atoms with van der Waals surface area (Å²) in [4.78, 5) is 24.9. The highest BCUT2D eigenvalue weighted by molar-refractivity contribution is 7.98. The molecule has 0 saturated carbocycles. The second-order valence-electron chi connectivity index (χ2n) is 5.67. The van der Waals surface area contributed by atoms with Crippen LogP contribution in [0.4, 0.5) is 5.69 Å². The van der Waals surface area contributed by atoms with Crippen molar-refractivity contribution in [1.29, 1.82) is 0 Å². The molecule has 0 unspecified atom stereocenters. The molecule has 0 fully saturated rings. The van der Waals surface area contributed by atoms with Crippen molar-refractivity contribution in [1.82, 2.24) is 19.6 Å². The van der Waals surface area contributed by atoms with Crippen molar-refractivity contribution in [2.24, 2.45) is 7.05 Å². The van der Waals surface area contributed by atoms with Crippen LogP contribution >= 0.6 is 11.8 Å². The lowest BCUT2D eigenvalue weighted by atomic mass is 10.2. The third kappa shape index (κ3) is 3.74. The molecule has 0 spiro atoms. The number of amides is 1. The molecule has 1 aromatic carbocycles. The van der Waals surface area contributed by atoms with E-state index in [-0.39, 0.29) is 17.5 Å². The number of fused-ring (bicyclic) bond motifs is 1. The number of nitrogens with one attached hydrogen (secondary N) is 1. The van der Waals surface area contributed by atoms with Crippen molar-refractivity contribution >= 4 is 34.3 Å². The van der Waals surface area contributed by atoms with E-state index in [0.29, 0.717) is 16.6 Å². The quantitative estimate of drug-likeness (QED) is 0.730. The number of rotatable bonds is 6. The summed E-state index contributed by atoms with van der Waals surface area (Å²) in [5.74, 6) is 0.771. The molecule has 2 aromatic heterocycles. The summed E-state index contributed by atoms with van der Waals surface area (Å²) in [5, 5.41) is 11.1. The van der Waals surface area contributed by atoms with Gasteiger partial charge in [-0.25, -0.2) is 4.68 Å². The van der Waals surface area contributed by atoms with Crippen molar-refractivity contribution in [3.05, 3.63) is 53.1 Å². The summed E-state index contributed by atoms with van der Waals surface area (Å²) in [6.07, 6.45) is 6.51. The zero-order valence-electron chi connectivity index (χ0n) is 14.0. The Labute approximate surface area is 149 Å². The summed E-state index contributed by atoms with van der Waals surface area (Å²) in [5.41, 5.74) is 0.833. The van der Waals surface area contributed by atoms with Gasteiger partial charge in [-0.15, -0.1) is 5.10 Å². The van der Waals surface area contributed by atoms with Crippen LogP contribution in [0.2, 0.25) is 0 Å². The van der Waals surface area contributed by atoms with E-state index in [9.17, 15) is 9.59 Å². The molecule has 1 N–H and O–H groups in total. The largest absolute Gasteiger partial charge is 0.342 e. The molecule has 1 atom stereocenters. The van der Waals surface area contributed by atoms with E-state index in [1.54, 1.807) is 37.0 Å². The first-order valence-corrected chi connectivity index (χ1v) is 9.25. The van der Waals surface area contributed by atoms with Gasteiger partial charge in [0, 0.05) is 25.1 Å². The molecule has 2 heterocycles. The van der Waals surface area contributed by atoms with Gasteiger partial charge in [-0.3, -0.25) is 9.59 Å². The predicted molar refractivity (Wildman–Crippen MR) is 99.9 cm³/mol. The maximum absolute atomic E-state index is 12.8.